The van der Waals surface area contributed by atoms with Gasteiger partial charge >= 0.3 is 0 Å². The summed E-state index contributed by atoms with van der Waals surface area (Å²) >= 11 is 1.56. The molecule has 6 nitrogen and oxygen atoms in total. The molecule has 1 aliphatic rings. The Balaban J connectivity index is 1.41. The van der Waals surface area contributed by atoms with Crippen LogP contribution < -0.4 is 15.0 Å². The number of hydrogen-bond acceptors (Lipinski definition) is 5. The van der Waals surface area contributed by atoms with E-state index >= 15 is 0 Å². The molecule has 0 aliphatic carbocycles. The molecule has 1 unspecified atom stereocenters. The number of thioether (sulfide) groups is 1. The lowest BCUT2D eigenvalue weighted by atomic mass is 10.1. The zero-order chi connectivity index (χ0) is 22.3. The number of hydrogen-bond donors (Lipinski definition) is 1. The van der Waals surface area contributed by atoms with Crippen LogP contribution in [-0.4, -0.2) is 31.3 Å². The zero-order valence-corrected chi connectivity index (χ0v) is 18.5. The van der Waals surface area contributed by atoms with Crippen LogP contribution in [0.25, 0.3) is 0 Å². The maximum absolute atomic E-state index is 12.6. The Hall–Kier alpha value is -3.29. The molecule has 32 heavy (non-hydrogen) atoms. The van der Waals surface area contributed by atoms with E-state index in [-0.39, 0.29) is 23.8 Å². The molecule has 0 spiro atoms. The van der Waals surface area contributed by atoms with Gasteiger partial charge in [-0.2, -0.15) is 0 Å². The van der Waals surface area contributed by atoms with Crippen molar-refractivity contribution in [2.24, 2.45) is 0 Å². The maximum Gasteiger partial charge on any atom is 0.250 e. The second-order valence-corrected chi connectivity index (χ2v) is 8.35. The van der Waals surface area contributed by atoms with Crippen molar-refractivity contribution >= 4 is 35.0 Å². The third-order valence-corrected chi connectivity index (χ3v) is 6.23. The predicted molar refractivity (Wildman–Crippen MR) is 127 cm³/mol. The summed E-state index contributed by atoms with van der Waals surface area (Å²) in [7, 11) is 1.61. The standard InChI is InChI=1S/C25H24N2O4S/c1-30-22-12-10-21(11-13-22)27-24(29)17-32-25(27)19-8-5-9-20(14-19)26-23(28)16-31-15-18-6-3-2-4-7-18/h2-14,25H,15-17H2,1H3,(H,26,28). The van der Waals surface area contributed by atoms with E-state index in [1.165, 1.54) is 0 Å². The molecule has 1 heterocycles. The Bertz CT molecular complexity index is 1070. The lowest BCUT2D eigenvalue weighted by Crippen LogP contribution is -2.27. The van der Waals surface area contributed by atoms with Crippen molar-refractivity contribution in [2.45, 2.75) is 12.0 Å². The Labute approximate surface area is 191 Å². The highest BCUT2D eigenvalue weighted by molar-refractivity contribution is 8.00. The Morgan fingerprint density at radius 3 is 2.59 bits per heavy atom. The molecule has 0 saturated carbocycles. The topological polar surface area (TPSA) is 67.9 Å². The average Bonchev–Trinajstić information content (AvgIpc) is 3.21. The van der Waals surface area contributed by atoms with Gasteiger partial charge in [0.1, 0.15) is 17.7 Å². The molecule has 164 valence electrons. The summed E-state index contributed by atoms with van der Waals surface area (Å²) in [5, 5.41) is 2.72. The molecule has 1 N–H and O–H groups in total. The molecule has 4 rings (SSSR count). The normalized spacial score (nSPS) is 15.6. The van der Waals surface area contributed by atoms with Crippen LogP contribution in [0, 0.1) is 0 Å². The van der Waals surface area contributed by atoms with Crippen LogP contribution in [0.3, 0.4) is 0 Å². The zero-order valence-electron chi connectivity index (χ0n) is 17.7. The third-order valence-electron chi connectivity index (χ3n) is 5.02. The van der Waals surface area contributed by atoms with Gasteiger partial charge in [0.25, 0.3) is 0 Å². The minimum atomic E-state index is -0.222. The monoisotopic (exact) mass is 448 g/mol. The molecule has 3 aromatic carbocycles. The number of amides is 2. The van der Waals surface area contributed by atoms with E-state index in [0.29, 0.717) is 18.0 Å². The van der Waals surface area contributed by atoms with Gasteiger partial charge in [-0.3, -0.25) is 14.5 Å². The quantitative estimate of drug-likeness (QED) is 0.544. The van der Waals surface area contributed by atoms with Gasteiger partial charge in [0, 0.05) is 11.4 Å². The van der Waals surface area contributed by atoms with E-state index in [0.717, 1.165) is 22.6 Å². The maximum atomic E-state index is 12.6. The SMILES string of the molecule is COc1ccc(N2C(=O)CSC2c2cccc(NC(=O)COCc3ccccc3)c2)cc1. The fourth-order valence-corrected chi connectivity index (χ4v) is 4.66. The van der Waals surface area contributed by atoms with E-state index in [4.69, 9.17) is 9.47 Å². The summed E-state index contributed by atoms with van der Waals surface area (Å²) in [4.78, 5) is 26.7. The van der Waals surface area contributed by atoms with Gasteiger partial charge in [0.2, 0.25) is 11.8 Å². The number of anilines is 2. The molecule has 1 saturated heterocycles. The van der Waals surface area contributed by atoms with Crippen molar-refractivity contribution in [1.29, 1.82) is 0 Å². The summed E-state index contributed by atoms with van der Waals surface area (Å²) in [5.74, 6) is 0.971. The number of carbonyl (C=O) groups is 2. The van der Waals surface area contributed by atoms with Crippen LogP contribution in [0.5, 0.6) is 5.75 Å². The van der Waals surface area contributed by atoms with Crippen molar-refractivity contribution in [3.05, 3.63) is 90.0 Å². The number of methoxy groups -OCH3 is 1. The van der Waals surface area contributed by atoms with Crippen molar-refractivity contribution in [3.8, 4) is 5.75 Å². The molecule has 0 aromatic heterocycles. The molecule has 2 amide bonds. The molecule has 1 aliphatic heterocycles. The van der Waals surface area contributed by atoms with Gasteiger partial charge in [-0.15, -0.1) is 11.8 Å². The highest BCUT2D eigenvalue weighted by Gasteiger charge is 2.34. The van der Waals surface area contributed by atoms with E-state index in [9.17, 15) is 9.59 Å². The molecule has 7 heteroatoms. The molecular formula is C25H24N2O4S. The minimum absolute atomic E-state index is 0.0340. The van der Waals surface area contributed by atoms with Gasteiger partial charge in [-0.05, 0) is 47.5 Å². The summed E-state index contributed by atoms with van der Waals surface area (Å²) in [6, 6.07) is 24.7. The Morgan fingerprint density at radius 2 is 1.84 bits per heavy atom. The van der Waals surface area contributed by atoms with Gasteiger partial charge in [0.15, 0.2) is 0 Å². The van der Waals surface area contributed by atoms with Crippen LogP contribution in [0.4, 0.5) is 11.4 Å². The van der Waals surface area contributed by atoms with Crippen molar-refractivity contribution < 1.29 is 19.1 Å². The number of rotatable bonds is 8. The van der Waals surface area contributed by atoms with Crippen molar-refractivity contribution in [3.63, 3.8) is 0 Å². The van der Waals surface area contributed by atoms with E-state index in [1.54, 1.807) is 23.8 Å². The highest BCUT2D eigenvalue weighted by Crippen LogP contribution is 2.42. The molecule has 0 radical (unpaired) electrons. The van der Waals surface area contributed by atoms with Crippen LogP contribution in [0.15, 0.2) is 78.9 Å². The largest absolute Gasteiger partial charge is 0.497 e. The molecule has 1 fully saturated rings. The van der Waals surface area contributed by atoms with Crippen LogP contribution in [0.2, 0.25) is 0 Å². The summed E-state index contributed by atoms with van der Waals surface area (Å²) < 4.78 is 10.7. The number of benzene rings is 3. The smallest absolute Gasteiger partial charge is 0.250 e. The van der Waals surface area contributed by atoms with Crippen molar-refractivity contribution in [2.75, 3.05) is 29.7 Å². The van der Waals surface area contributed by atoms with Gasteiger partial charge in [-0.25, -0.2) is 0 Å². The first kappa shape index (κ1) is 21.9. The van der Waals surface area contributed by atoms with Crippen LogP contribution in [0.1, 0.15) is 16.5 Å². The first-order chi connectivity index (χ1) is 15.6. The lowest BCUT2D eigenvalue weighted by Gasteiger charge is -2.25. The first-order valence-electron chi connectivity index (χ1n) is 10.2. The number of nitrogens with zero attached hydrogens (tertiary/aromatic N) is 1. The number of nitrogens with one attached hydrogen (secondary N) is 1. The Morgan fingerprint density at radius 1 is 1.06 bits per heavy atom. The fraction of sp³-hybridized carbons (Fsp3) is 0.200. The molecule has 1 atom stereocenters. The van der Waals surface area contributed by atoms with Gasteiger partial charge in [-0.1, -0.05) is 42.5 Å². The van der Waals surface area contributed by atoms with Crippen LogP contribution in [-0.2, 0) is 20.9 Å². The van der Waals surface area contributed by atoms with E-state index < -0.39 is 0 Å². The fourth-order valence-electron chi connectivity index (χ4n) is 3.50. The average molecular weight is 449 g/mol. The predicted octanol–water partition coefficient (Wildman–Crippen LogP) is 4.63. The van der Waals surface area contributed by atoms with E-state index in [1.807, 2.05) is 78.9 Å². The summed E-state index contributed by atoms with van der Waals surface area (Å²) in [5.41, 5.74) is 3.45. The lowest BCUT2D eigenvalue weighted by molar-refractivity contribution is -0.121. The summed E-state index contributed by atoms with van der Waals surface area (Å²) in [6.07, 6.45) is 0. The first-order valence-corrected chi connectivity index (χ1v) is 11.3. The van der Waals surface area contributed by atoms with Crippen molar-refractivity contribution in [1.82, 2.24) is 0 Å². The molecule has 3 aromatic rings. The minimum Gasteiger partial charge on any atom is -0.497 e. The third kappa shape index (κ3) is 5.30. The molecule has 0 bridgehead atoms. The number of ether oxygens (including phenoxy) is 2. The summed E-state index contributed by atoms with van der Waals surface area (Å²) in [6.45, 7) is 0.347. The second kappa shape index (κ2) is 10.3. The van der Waals surface area contributed by atoms with Crippen LogP contribution >= 0.6 is 11.8 Å². The highest BCUT2D eigenvalue weighted by atomic mass is 32.2. The Kier molecular flexibility index (Phi) is 7.09. The molecular weight excluding hydrogens is 424 g/mol. The van der Waals surface area contributed by atoms with Gasteiger partial charge in [0.05, 0.1) is 19.5 Å². The second-order valence-electron chi connectivity index (χ2n) is 7.28. The van der Waals surface area contributed by atoms with E-state index in [2.05, 4.69) is 5.32 Å². The number of carbonyl (C=O) groups excluding carboxylic acids is 2. The van der Waals surface area contributed by atoms with Gasteiger partial charge < -0.3 is 14.8 Å².